The fourth-order valence-electron chi connectivity index (χ4n) is 3.02. The minimum atomic E-state index is -3.40. The van der Waals surface area contributed by atoms with Gasteiger partial charge < -0.3 is 10.4 Å². The molecular formula is C19H19ClN4O5S. The van der Waals surface area contributed by atoms with E-state index in [0.29, 0.717) is 16.8 Å². The number of carbonyl (C=O) groups is 1. The van der Waals surface area contributed by atoms with Gasteiger partial charge in [-0.1, -0.05) is 29.8 Å². The van der Waals surface area contributed by atoms with Crippen molar-refractivity contribution in [3.63, 3.8) is 0 Å². The molecule has 30 heavy (non-hydrogen) atoms. The molecule has 0 radical (unpaired) electrons. The van der Waals surface area contributed by atoms with Crippen LogP contribution in [0.3, 0.4) is 0 Å². The Bertz CT molecular complexity index is 1290. The molecule has 158 valence electrons. The molecule has 0 saturated heterocycles. The lowest BCUT2D eigenvalue weighted by atomic mass is 10.1. The zero-order valence-electron chi connectivity index (χ0n) is 16.1. The molecule has 9 nitrogen and oxygen atoms in total. The lowest BCUT2D eigenvalue weighted by molar-refractivity contribution is 0.190. The van der Waals surface area contributed by atoms with E-state index in [1.807, 2.05) is 0 Å². The van der Waals surface area contributed by atoms with Crippen molar-refractivity contribution in [1.29, 1.82) is 0 Å². The molecule has 2 aromatic carbocycles. The molecule has 0 aliphatic heterocycles. The van der Waals surface area contributed by atoms with Crippen molar-refractivity contribution < 1.29 is 18.3 Å². The predicted octanol–water partition coefficient (Wildman–Crippen LogP) is 2.42. The third kappa shape index (κ3) is 4.78. The van der Waals surface area contributed by atoms with Crippen molar-refractivity contribution in [2.45, 2.75) is 19.5 Å². The quantitative estimate of drug-likeness (QED) is 0.528. The molecule has 0 saturated carbocycles. The largest absolute Gasteiger partial charge is 0.465 e. The van der Waals surface area contributed by atoms with Crippen LogP contribution in [-0.4, -0.2) is 35.4 Å². The summed E-state index contributed by atoms with van der Waals surface area (Å²) >= 11 is 6.23. The van der Waals surface area contributed by atoms with Crippen molar-refractivity contribution in [1.82, 2.24) is 19.6 Å². The smallest absolute Gasteiger partial charge is 0.405 e. The maximum absolute atomic E-state index is 13.3. The number of aromatic nitrogens is 2. The number of fused-ring (bicyclic) bond motifs is 1. The monoisotopic (exact) mass is 450 g/mol. The van der Waals surface area contributed by atoms with E-state index < -0.39 is 27.7 Å². The summed E-state index contributed by atoms with van der Waals surface area (Å²) < 4.78 is 26.4. The highest BCUT2D eigenvalue weighted by Crippen LogP contribution is 2.23. The Kier molecular flexibility index (Phi) is 6.11. The molecule has 0 fully saturated rings. The van der Waals surface area contributed by atoms with Gasteiger partial charge in [-0.25, -0.2) is 22.9 Å². The third-order valence-corrected chi connectivity index (χ3v) is 5.29. The highest BCUT2D eigenvalue weighted by molar-refractivity contribution is 7.88. The van der Waals surface area contributed by atoms with Crippen LogP contribution in [0.15, 0.2) is 47.3 Å². The Labute approximate surface area is 177 Å². The Morgan fingerprint density at radius 3 is 2.63 bits per heavy atom. The molecule has 3 aromatic rings. The number of benzene rings is 2. The Balaban J connectivity index is 2.23. The number of hydrogen-bond donors (Lipinski definition) is 3. The summed E-state index contributed by atoms with van der Waals surface area (Å²) in [6.07, 6.45) is -0.214. The average Bonchev–Trinajstić information content (AvgIpc) is 2.65. The molecule has 0 bridgehead atoms. The van der Waals surface area contributed by atoms with Crippen molar-refractivity contribution in [3.8, 4) is 5.69 Å². The summed E-state index contributed by atoms with van der Waals surface area (Å²) in [6.45, 7) is 1.60. The minimum absolute atomic E-state index is 0.0292. The number of amides is 1. The van der Waals surface area contributed by atoms with Gasteiger partial charge in [0.1, 0.15) is 5.82 Å². The van der Waals surface area contributed by atoms with Crippen LogP contribution >= 0.6 is 11.6 Å². The molecule has 1 heterocycles. The first-order chi connectivity index (χ1) is 14.1. The van der Waals surface area contributed by atoms with Crippen molar-refractivity contribution >= 4 is 38.6 Å². The van der Waals surface area contributed by atoms with Gasteiger partial charge in [0, 0.05) is 6.54 Å². The first kappa shape index (κ1) is 21.8. The van der Waals surface area contributed by atoms with E-state index >= 15 is 0 Å². The van der Waals surface area contributed by atoms with Gasteiger partial charge in [-0.05, 0) is 36.8 Å². The molecule has 1 unspecified atom stereocenters. The maximum atomic E-state index is 13.3. The highest BCUT2D eigenvalue weighted by atomic mass is 35.5. The van der Waals surface area contributed by atoms with Gasteiger partial charge in [0.05, 0.1) is 33.9 Å². The molecule has 1 amide bonds. The lowest BCUT2D eigenvalue weighted by Gasteiger charge is -2.19. The van der Waals surface area contributed by atoms with Crippen molar-refractivity contribution in [2.75, 3.05) is 6.26 Å². The van der Waals surface area contributed by atoms with Gasteiger partial charge in [-0.15, -0.1) is 0 Å². The van der Waals surface area contributed by atoms with Crippen LogP contribution in [0.25, 0.3) is 16.6 Å². The van der Waals surface area contributed by atoms with E-state index in [4.69, 9.17) is 16.7 Å². The number of rotatable bonds is 6. The number of sulfonamides is 1. The number of carboxylic acid groups (broad SMARTS) is 1. The zero-order chi connectivity index (χ0) is 22.1. The van der Waals surface area contributed by atoms with Crippen molar-refractivity contribution in [3.05, 3.63) is 69.2 Å². The van der Waals surface area contributed by atoms with Crippen LogP contribution < -0.4 is 15.6 Å². The minimum Gasteiger partial charge on any atom is -0.465 e. The van der Waals surface area contributed by atoms with E-state index in [-0.39, 0.29) is 22.8 Å². The fraction of sp³-hybridized carbons (Fsp3) is 0.211. The number of halogens is 1. The SMILES string of the molecule is CC(NC(=O)O)c1nc2cccc(Cl)c2c(=O)n1-c1cccc(CNS(C)(=O)=O)c1. The molecule has 0 aliphatic carbocycles. The number of hydrogen-bond acceptors (Lipinski definition) is 5. The predicted molar refractivity (Wildman–Crippen MR) is 114 cm³/mol. The second kappa shape index (κ2) is 8.42. The molecular weight excluding hydrogens is 432 g/mol. The van der Waals surface area contributed by atoms with Crippen LogP contribution in [0.2, 0.25) is 5.02 Å². The van der Waals surface area contributed by atoms with Crippen LogP contribution in [-0.2, 0) is 16.6 Å². The van der Waals surface area contributed by atoms with E-state index in [1.165, 1.54) is 4.57 Å². The normalized spacial score (nSPS) is 12.6. The molecule has 3 N–H and O–H groups in total. The van der Waals surface area contributed by atoms with Gasteiger partial charge in [0.25, 0.3) is 5.56 Å². The van der Waals surface area contributed by atoms with E-state index in [0.717, 1.165) is 6.26 Å². The van der Waals surface area contributed by atoms with Crippen LogP contribution in [0, 0.1) is 0 Å². The van der Waals surface area contributed by atoms with Gasteiger partial charge in [0.2, 0.25) is 10.0 Å². The fourth-order valence-corrected chi connectivity index (χ4v) is 3.70. The molecule has 0 spiro atoms. The Morgan fingerprint density at radius 2 is 1.97 bits per heavy atom. The summed E-state index contributed by atoms with van der Waals surface area (Å²) in [5.74, 6) is 0.172. The van der Waals surface area contributed by atoms with Crippen molar-refractivity contribution in [2.24, 2.45) is 0 Å². The Morgan fingerprint density at radius 1 is 1.27 bits per heavy atom. The molecule has 11 heteroatoms. The highest BCUT2D eigenvalue weighted by Gasteiger charge is 2.20. The standard InChI is InChI=1S/C19H19ClN4O5S/c1-11(22-19(26)27)17-23-15-8-4-7-14(20)16(15)18(25)24(17)13-6-3-5-12(9-13)10-21-30(2,28)29/h3-9,11,21-22H,10H2,1-2H3,(H,26,27). The number of nitrogens with zero attached hydrogens (tertiary/aromatic N) is 2. The molecule has 1 aromatic heterocycles. The summed E-state index contributed by atoms with van der Waals surface area (Å²) in [5, 5.41) is 11.8. The summed E-state index contributed by atoms with van der Waals surface area (Å²) in [6, 6.07) is 10.7. The first-order valence-electron chi connectivity index (χ1n) is 8.81. The number of nitrogens with one attached hydrogen (secondary N) is 2. The second-order valence-electron chi connectivity index (χ2n) is 6.68. The zero-order valence-corrected chi connectivity index (χ0v) is 17.7. The lowest BCUT2D eigenvalue weighted by Crippen LogP contribution is -2.32. The van der Waals surface area contributed by atoms with Crippen LogP contribution in [0.4, 0.5) is 4.79 Å². The first-order valence-corrected chi connectivity index (χ1v) is 11.1. The van der Waals surface area contributed by atoms with Gasteiger partial charge >= 0.3 is 6.09 Å². The average molecular weight is 451 g/mol. The third-order valence-electron chi connectivity index (χ3n) is 4.31. The Hall–Kier alpha value is -2.95. The van der Waals surface area contributed by atoms with Crippen LogP contribution in [0.1, 0.15) is 24.4 Å². The molecule has 0 aliphatic rings. The van der Waals surface area contributed by atoms with Gasteiger partial charge in [-0.3, -0.25) is 9.36 Å². The summed E-state index contributed by atoms with van der Waals surface area (Å²) in [4.78, 5) is 29.0. The summed E-state index contributed by atoms with van der Waals surface area (Å²) in [5.41, 5.74) is 0.880. The topological polar surface area (TPSA) is 130 Å². The summed E-state index contributed by atoms with van der Waals surface area (Å²) in [7, 11) is -3.40. The van der Waals surface area contributed by atoms with Crippen LogP contribution in [0.5, 0.6) is 0 Å². The molecule has 1 atom stereocenters. The second-order valence-corrected chi connectivity index (χ2v) is 8.92. The van der Waals surface area contributed by atoms with Gasteiger partial charge in [0.15, 0.2) is 0 Å². The van der Waals surface area contributed by atoms with E-state index in [2.05, 4.69) is 15.0 Å². The van der Waals surface area contributed by atoms with E-state index in [9.17, 15) is 18.0 Å². The van der Waals surface area contributed by atoms with E-state index in [1.54, 1.807) is 49.4 Å². The van der Waals surface area contributed by atoms with Gasteiger partial charge in [-0.2, -0.15) is 0 Å². The maximum Gasteiger partial charge on any atom is 0.405 e. The molecule has 3 rings (SSSR count).